The first-order chi connectivity index (χ1) is 17.6. The van der Waals surface area contributed by atoms with Gasteiger partial charge in [-0.3, -0.25) is 4.79 Å². The highest BCUT2D eigenvalue weighted by atomic mass is 16.5. The molecule has 2 aliphatic rings. The van der Waals surface area contributed by atoms with E-state index in [1.54, 1.807) is 32.5 Å². The predicted octanol–water partition coefficient (Wildman–Crippen LogP) is 2.50. The van der Waals surface area contributed by atoms with E-state index in [0.29, 0.717) is 46.8 Å². The van der Waals surface area contributed by atoms with Crippen molar-refractivity contribution in [1.29, 1.82) is 0 Å². The fraction of sp³-hybridized carbons (Fsp3) is 0.538. The van der Waals surface area contributed by atoms with E-state index in [1.807, 2.05) is 19.9 Å². The van der Waals surface area contributed by atoms with Gasteiger partial charge in [0.15, 0.2) is 0 Å². The molecular formula is C26H36N6O5. The summed E-state index contributed by atoms with van der Waals surface area (Å²) in [7, 11) is 3.26. The van der Waals surface area contributed by atoms with Crippen molar-refractivity contribution in [3.8, 4) is 11.8 Å². The molecule has 2 aromatic rings. The first-order valence-corrected chi connectivity index (χ1v) is 12.4. The van der Waals surface area contributed by atoms with Crippen LogP contribution in [0.2, 0.25) is 0 Å². The van der Waals surface area contributed by atoms with Crippen molar-refractivity contribution in [2.24, 2.45) is 28.8 Å². The van der Waals surface area contributed by atoms with Crippen LogP contribution in [-0.2, 0) is 16.1 Å². The van der Waals surface area contributed by atoms with E-state index < -0.39 is 11.4 Å². The maximum Gasteiger partial charge on any atom is 0.317 e. The smallest absolute Gasteiger partial charge is 0.317 e. The standard InChI is InChI=1S/C26H36N6O5/c1-15-22(37-18-11-16-7-9-26(2,24(33)34)19(16)12-18)6-5-20(30-15)23(27)21(32(3)28)14-36-25-29-10-8-17(31-25)13-35-4/h5-6,8,10,16,18-19H,7,9,11-14,27-28H2,1-4H3,(H,33,34)/b23-21-/t16?,18?,19?,26-/m0/s1. The molecule has 0 amide bonds. The first kappa shape index (κ1) is 26.6. The highest BCUT2D eigenvalue weighted by Crippen LogP contribution is 2.55. The van der Waals surface area contributed by atoms with Crippen LogP contribution in [-0.4, -0.2) is 57.9 Å². The molecule has 200 valence electrons. The highest BCUT2D eigenvalue weighted by molar-refractivity contribution is 5.75. The van der Waals surface area contributed by atoms with E-state index in [2.05, 4.69) is 15.0 Å². The van der Waals surface area contributed by atoms with Crippen molar-refractivity contribution < 1.29 is 24.1 Å². The van der Waals surface area contributed by atoms with Gasteiger partial charge in [-0.25, -0.2) is 15.8 Å². The number of aliphatic carboxylic acids is 1. The number of hydrogen-bond donors (Lipinski definition) is 3. The Morgan fingerprint density at radius 1 is 1.27 bits per heavy atom. The van der Waals surface area contributed by atoms with Gasteiger partial charge in [0.2, 0.25) is 0 Å². The Kier molecular flexibility index (Phi) is 7.84. The number of ether oxygens (including phenoxy) is 3. The number of hydrazine groups is 1. The van der Waals surface area contributed by atoms with Crippen LogP contribution in [0.15, 0.2) is 30.1 Å². The molecule has 0 aliphatic heterocycles. The summed E-state index contributed by atoms with van der Waals surface area (Å²) < 4.78 is 17.1. The number of carboxylic acids is 1. The van der Waals surface area contributed by atoms with E-state index in [9.17, 15) is 9.90 Å². The molecule has 0 aromatic carbocycles. The number of carbonyl (C=O) groups is 1. The van der Waals surface area contributed by atoms with Gasteiger partial charge < -0.3 is 30.1 Å². The number of nitrogens with zero attached hydrogens (tertiary/aromatic N) is 4. The molecule has 5 N–H and O–H groups in total. The average molecular weight is 513 g/mol. The molecule has 0 bridgehead atoms. The van der Waals surface area contributed by atoms with Gasteiger partial charge in [-0.1, -0.05) is 0 Å². The van der Waals surface area contributed by atoms with Crippen LogP contribution in [0.4, 0.5) is 0 Å². The Morgan fingerprint density at radius 2 is 2.05 bits per heavy atom. The van der Waals surface area contributed by atoms with Gasteiger partial charge in [0.05, 0.1) is 46.6 Å². The van der Waals surface area contributed by atoms with Crippen LogP contribution in [0.3, 0.4) is 0 Å². The van der Waals surface area contributed by atoms with E-state index in [4.69, 9.17) is 25.8 Å². The number of nitrogens with two attached hydrogens (primary N) is 2. The third kappa shape index (κ3) is 5.62. The van der Waals surface area contributed by atoms with Crippen molar-refractivity contribution >= 4 is 11.7 Å². The minimum absolute atomic E-state index is 0.0266. The second kappa shape index (κ2) is 10.9. The Balaban J connectivity index is 1.45. The largest absolute Gasteiger partial charge is 0.489 e. The maximum absolute atomic E-state index is 11.9. The summed E-state index contributed by atoms with van der Waals surface area (Å²) in [5.74, 6) is 6.53. The number of hydrogen-bond acceptors (Lipinski definition) is 10. The number of methoxy groups -OCH3 is 1. The fourth-order valence-electron chi connectivity index (χ4n) is 5.53. The fourth-order valence-corrected chi connectivity index (χ4v) is 5.53. The summed E-state index contributed by atoms with van der Waals surface area (Å²) in [5.41, 5.74) is 8.57. The molecule has 0 saturated heterocycles. The number of pyridine rings is 1. The van der Waals surface area contributed by atoms with Crippen LogP contribution < -0.4 is 21.1 Å². The van der Waals surface area contributed by atoms with Gasteiger partial charge >= 0.3 is 12.0 Å². The van der Waals surface area contributed by atoms with Crippen LogP contribution >= 0.6 is 0 Å². The minimum Gasteiger partial charge on any atom is -0.489 e. The quantitative estimate of drug-likeness (QED) is 0.317. The molecule has 37 heavy (non-hydrogen) atoms. The van der Waals surface area contributed by atoms with Crippen LogP contribution in [0.5, 0.6) is 11.8 Å². The zero-order valence-electron chi connectivity index (χ0n) is 21.8. The van der Waals surface area contributed by atoms with Crippen LogP contribution in [0, 0.1) is 24.2 Å². The number of aromatic nitrogens is 3. The van der Waals surface area contributed by atoms with E-state index in [-0.39, 0.29) is 24.6 Å². The van der Waals surface area contributed by atoms with Crippen molar-refractivity contribution in [2.75, 3.05) is 20.8 Å². The second-order valence-electron chi connectivity index (χ2n) is 10.1. The lowest BCUT2D eigenvalue weighted by Gasteiger charge is -2.26. The number of rotatable bonds is 10. The minimum atomic E-state index is -0.705. The average Bonchev–Trinajstić information content (AvgIpc) is 3.40. The van der Waals surface area contributed by atoms with Crippen molar-refractivity contribution in [3.63, 3.8) is 0 Å². The Bertz CT molecular complexity index is 1170. The molecule has 2 aromatic heterocycles. The second-order valence-corrected chi connectivity index (χ2v) is 10.1. The topological polar surface area (TPSA) is 159 Å². The van der Waals surface area contributed by atoms with Gasteiger partial charge in [-0.15, -0.1) is 0 Å². The van der Waals surface area contributed by atoms with Crippen molar-refractivity contribution in [1.82, 2.24) is 20.0 Å². The summed E-state index contributed by atoms with van der Waals surface area (Å²) in [6.07, 6.45) is 4.84. The molecule has 4 rings (SSSR count). The number of fused-ring (bicyclic) bond motifs is 1. The molecule has 2 fully saturated rings. The van der Waals surface area contributed by atoms with E-state index in [1.165, 1.54) is 5.01 Å². The lowest BCUT2D eigenvalue weighted by atomic mass is 9.78. The summed E-state index contributed by atoms with van der Waals surface area (Å²) in [5, 5.41) is 11.1. The molecule has 11 nitrogen and oxygen atoms in total. The summed E-state index contributed by atoms with van der Waals surface area (Å²) in [6, 6.07) is 5.57. The summed E-state index contributed by atoms with van der Waals surface area (Å²) >= 11 is 0. The molecular weight excluding hydrogens is 476 g/mol. The number of carboxylic acid groups (broad SMARTS) is 1. The summed E-state index contributed by atoms with van der Waals surface area (Å²) in [4.78, 5) is 24.9. The molecule has 2 aliphatic carbocycles. The molecule has 0 spiro atoms. The van der Waals surface area contributed by atoms with Crippen LogP contribution in [0.25, 0.3) is 5.70 Å². The van der Waals surface area contributed by atoms with Gasteiger partial charge in [0.25, 0.3) is 0 Å². The molecule has 2 heterocycles. The van der Waals surface area contributed by atoms with E-state index >= 15 is 0 Å². The Labute approximate surface area is 216 Å². The maximum atomic E-state index is 11.9. The third-order valence-electron chi connectivity index (χ3n) is 7.66. The van der Waals surface area contributed by atoms with Gasteiger partial charge in [-0.05, 0) is 69.6 Å². The monoisotopic (exact) mass is 512 g/mol. The number of aryl methyl sites for hydroxylation is 1. The normalized spacial score (nSPS) is 25.4. The molecule has 4 atom stereocenters. The molecule has 3 unspecified atom stereocenters. The van der Waals surface area contributed by atoms with Gasteiger partial charge in [-0.2, -0.15) is 4.98 Å². The summed E-state index contributed by atoms with van der Waals surface area (Å²) in [6.45, 7) is 4.12. The zero-order chi connectivity index (χ0) is 26.7. The van der Waals surface area contributed by atoms with Crippen molar-refractivity contribution in [3.05, 3.63) is 47.2 Å². The molecule has 0 radical (unpaired) electrons. The Hall–Kier alpha value is -3.44. The lowest BCUT2D eigenvalue weighted by molar-refractivity contribution is -0.150. The third-order valence-corrected chi connectivity index (χ3v) is 7.66. The highest BCUT2D eigenvalue weighted by Gasteiger charge is 2.54. The van der Waals surface area contributed by atoms with E-state index in [0.717, 1.165) is 25.7 Å². The first-order valence-electron chi connectivity index (χ1n) is 12.4. The van der Waals surface area contributed by atoms with Gasteiger partial charge in [0, 0.05) is 20.4 Å². The molecule has 2 saturated carbocycles. The van der Waals surface area contributed by atoms with Gasteiger partial charge in [0.1, 0.15) is 12.4 Å². The molecule has 11 heteroatoms. The SMILES string of the molecule is COCc1ccnc(OC/C(=C(/N)c2ccc(OC3CC4CC[C@](C)(C(=O)O)C4C3)c(C)n2)N(C)N)n1. The number of likely N-dealkylation sites (N-methyl/N-ethyl adjacent to an activating group) is 1. The van der Waals surface area contributed by atoms with Crippen molar-refractivity contribution in [2.45, 2.75) is 52.2 Å². The Morgan fingerprint density at radius 3 is 2.73 bits per heavy atom. The lowest BCUT2D eigenvalue weighted by Crippen LogP contribution is -2.32. The zero-order valence-corrected chi connectivity index (χ0v) is 21.8. The predicted molar refractivity (Wildman–Crippen MR) is 136 cm³/mol. The van der Waals surface area contributed by atoms with Crippen LogP contribution in [0.1, 0.15) is 49.7 Å².